The molecule has 0 radical (unpaired) electrons. The second-order valence-electron chi connectivity index (χ2n) is 3.35. The predicted molar refractivity (Wildman–Crippen MR) is 49.7 cm³/mol. The average Bonchev–Trinajstić information content (AvgIpc) is 2.59. The van der Waals surface area contributed by atoms with Gasteiger partial charge >= 0.3 is 0 Å². The van der Waals surface area contributed by atoms with Crippen LogP contribution in [0.1, 0.15) is 0 Å². The molecule has 2 aliphatic rings. The molecule has 3 heteroatoms. The third-order valence-corrected chi connectivity index (χ3v) is 2.72. The van der Waals surface area contributed by atoms with E-state index in [-0.39, 0.29) is 0 Å². The molecule has 2 N–H and O–H groups in total. The zero-order chi connectivity index (χ0) is 8.55. The minimum atomic E-state index is 0.539. The fraction of sp³-hybridized carbons (Fsp3) is 0.444. The molecule has 0 aromatic rings. The summed E-state index contributed by atoms with van der Waals surface area (Å²) in [5, 5.41) is 8.60. The van der Waals surface area contributed by atoms with Crippen LogP contribution in [0.15, 0.2) is 29.0 Å². The van der Waals surface area contributed by atoms with E-state index in [4.69, 9.17) is 5.21 Å². The topological polar surface area (TPSA) is 32.3 Å². The Morgan fingerprint density at radius 2 is 2.67 bits per heavy atom. The van der Waals surface area contributed by atoms with Crippen molar-refractivity contribution in [3.63, 3.8) is 0 Å². The van der Waals surface area contributed by atoms with Crippen LogP contribution in [0.3, 0.4) is 0 Å². The molecule has 0 saturated heterocycles. The van der Waals surface area contributed by atoms with E-state index < -0.39 is 0 Å². The standard InChI is InChI=1S/C9H12BNO/c1-10-8(5-11-12)9-6-3-2-4-7(6)9/h2-3,8-12H,5H2,1H3. The lowest BCUT2D eigenvalue weighted by Gasteiger charge is -2.09. The predicted octanol–water partition coefficient (Wildman–Crippen LogP) is 0.890. The Bertz CT molecular complexity index is 289. The summed E-state index contributed by atoms with van der Waals surface area (Å²) in [5.41, 5.74) is 8.24. The van der Waals surface area contributed by atoms with E-state index in [1.54, 1.807) is 0 Å². The summed E-state index contributed by atoms with van der Waals surface area (Å²) >= 11 is 0. The van der Waals surface area contributed by atoms with E-state index in [9.17, 15) is 0 Å². The molecular weight excluding hydrogens is 149 g/mol. The first-order valence-corrected chi connectivity index (χ1v) is 4.42. The Hall–Kier alpha value is -0.755. The van der Waals surface area contributed by atoms with Crippen LogP contribution in [0.25, 0.3) is 0 Å². The van der Waals surface area contributed by atoms with Crippen LogP contribution in [0.4, 0.5) is 0 Å². The average molecular weight is 161 g/mol. The smallest absolute Gasteiger partial charge is 0.123 e. The highest BCUT2D eigenvalue weighted by Gasteiger charge is 2.43. The third-order valence-electron chi connectivity index (χ3n) is 2.72. The van der Waals surface area contributed by atoms with Crippen LogP contribution in [0.2, 0.25) is 12.6 Å². The third kappa shape index (κ3) is 1.07. The molecule has 0 aromatic carbocycles. The summed E-state index contributed by atoms with van der Waals surface area (Å²) < 4.78 is 0. The number of hydrogen-bond donors (Lipinski definition) is 2. The van der Waals surface area contributed by atoms with Crippen molar-refractivity contribution < 1.29 is 5.21 Å². The van der Waals surface area contributed by atoms with E-state index in [1.165, 1.54) is 11.1 Å². The Morgan fingerprint density at radius 1 is 1.83 bits per heavy atom. The zero-order valence-corrected chi connectivity index (χ0v) is 7.17. The molecule has 12 heavy (non-hydrogen) atoms. The van der Waals surface area contributed by atoms with Crippen LogP contribution >= 0.6 is 0 Å². The summed E-state index contributed by atoms with van der Waals surface area (Å²) in [5.74, 6) is 1.12. The maximum Gasteiger partial charge on any atom is 0.123 e. The van der Waals surface area contributed by atoms with E-state index in [2.05, 4.69) is 24.1 Å². The second-order valence-corrected chi connectivity index (χ2v) is 3.35. The lowest BCUT2D eigenvalue weighted by atomic mass is 9.64. The van der Waals surface area contributed by atoms with Gasteiger partial charge in [-0.05, 0) is 23.5 Å². The van der Waals surface area contributed by atoms with Crippen molar-refractivity contribution in [3.05, 3.63) is 29.0 Å². The van der Waals surface area contributed by atoms with Crippen LogP contribution in [-0.4, -0.2) is 19.0 Å². The molecule has 0 bridgehead atoms. The van der Waals surface area contributed by atoms with Gasteiger partial charge in [-0.15, -0.1) is 5.73 Å². The van der Waals surface area contributed by atoms with Gasteiger partial charge < -0.3 is 5.21 Å². The Balaban J connectivity index is 2.02. The van der Waals surface area contributed by atoms with E-state index >= 15 is 0 Å². The first-order chi connectivity index (χ1) is 5.88. The molecular formula is C9H12BNO. The van der Waals surface area contributed by atoms with Crippen LogP contribution in [0.5, 0.6) is 0 Å². The van der Waals surface area contributed by atoms with Gasteiger partial charge in [0.1, 0.15) is 7.28 Å². The molecule has 2 aliphatic carbocycles. The molecule has 2 unspecified atom stereocenters. The van der Waals surface area contributed by atoms with E-state index in [1.807, 2.05) is 6.08 Å². The molecule has 0 heterocycles. The highest BCUT2D eigenvalue weighted by atomic mass is 16.5. The number of fused-ring (bicyclic) bond motifs is 1. The molecule has 62 valence electrons. The van der Waals surface area contributed by atoms with Crippen molar-refractivity contribution in [3.8, 4) is 0 Å². The van der Waals surface area contributed by atoms with Gasteiger partial charge in [-0.1, -0.05) is 6.82 Å². The molecule has 1 saturated carbocycles. The van der Waals surface area contributed by atoms with Gasteiger partial charge in [-0.25, -0.2) is 5.48 Å². The SMILES string of the molecule is CBC(CNO)C1C2=C=CC=C21. The summed E-state index contributed by atoms with van der Waals surface area (Å²) in [6, 6.07) is 0. The molecule has 0 spiro atoms. The van der Waals surface area contributed by atoms with Crippen molar-refractivity contribution in [1.82, 2.24) is 5.48 Å². The quantitative estimate of drug-likeness (QED) is 0.364. The van der Waals surface area contributed by atoms with Crippen molar-refractivity contribution in [2.45, 2.75) is 12.6 Å². The molecule has 0 aromatic heterocycles. The Labute approximate surface area is 72.9 Å². The largest absolute Gasteiger partial charge is 0.317 e. The van der Waals surface area contributed by atoms with Crippen molar-refractivity contribution in [1.29, 1.82) is 0 Å². The lowest BCUT2D eigenvalue weighted by Crippen LogP contribution is -2.20. The molecule has 0 amide bonds. The van der Waals surface area contributed by atoms with Gasteiger partial charge in [0.2, 0.25) is 0 Å². The van der Waals surface area contributed by atoms with Gasteiger partial charge in [0.15, 0.2) is 0 Å². The minimum absolute atomic E-state index is 0.539. The van der Waals surface area contributed by atoms with Gasteiger partial charge in [0.05, 0.1) is 0 Å². The van der Waals surface area contributed by atoms with Crippen molar-refractivity contribution >= 4 is 7.28 Å². The molecule has 2 nitrogen and oxygen atoms in total. The molecule has 2 rings (SSSR count). The number of hydrogen-bond acceptors (Lipinski definition) is 2. The van der Waals surface area contributed by atoms with Crippen molar-refractivity contribution in [2.24, 2.45) is 5.92 Å². The maximum atomic E-state index is 8.60. The fourth-order valence-electron chi connectivity index (χ4n) is 1.95. The number of nitrogens with one attached hydrogen (secondary N) is 1. The Kier molecular flexibility index (Phi) is 1.93. The highest BCUT2D eigenvalue weighted by molar-refractivity contribution is 6.36. The minimum Gasteiger partial charge on any atom is -0.317 e. The van der Waals surface area contributed by atoms with Crippen LogP contribution in [-0.2, 0) is 0 Å². The van der Waals surface area contributed by atoms with E-state index in [0.29, 0.717) is 18.3 Å². The lowest BCUT2D eigenvalue weighted by molar-refractivity contribution is 0.164. The summed E-state index contributed by atoms with van der Waals surface area (Å²) in [4.78, 5) is 0. The van der Waals surface area contributed by atoms with E-state index in [0.717, 1.165) is 7.28 Å². The van der Waals surface area contributed by atoms with Crippen molar-refractivity contribution in [2.75, 3.05) is 6.54 Å². The summed E-state index contributed by atoms with van der Waals surface area (Å²) in [6.07, 6.45) is 4.10. The normalized spacial score (nSPS) is 26.0. The summed E-state index contributed by atoms with van der Waals surface area (Å²) in [6.45, 7) is 2.84. The van der Waals surface area contributed by atoms with Gasteiger partial charge in [-0.2, -0.15) is 0 Å². The van der Waals surface area contributed by atoms with Gasteiger partial charge in [0.25, 0.3) is 0 Å². The van der Waals surface area contributed by atoms with Crippen LogP contribution in [0, 0.1) is 5.92 Å². The molecule has 0 aliphatic heterocycles. The first kappa shape index (κ1) is 7.87. The second kappa shape index (κ2) is 2.94. The zero-order valence-electron chi connectivity index (χ0n) is 7.17. The first-order valence-electron chi connectivity index (χ1n) is 4.42. The maximum absolute atomic E-state index is 8.60. The Morgan fingerprint density at radius 3 is 3.17 bits per heavy atom. The number of hydroxylamine groups is 1. The molecule has 2 atom stereocenters. The summed E-state index contributed by atoms with van der Waals surface area (Å²) in [7, 11) is 1.10. The number of rotatable bonds is 4. The fourth-order valence-corrected chi connectivity index (χ4v) is 1.95. The highest BCUT2D eigenvalue weighted by Crippen LogP contribution is 2.53. The molecule has 1 fully saturated rings. The monoisotopic (exact) mass is 161 g/mol. The van der Waals surface area contributed by atoms with Gasteiger partial charge in [-0.3, -0.25) is 0 Å². The number of allylic oxidation sites excluding steroid dienone is 3. The van der Waals surface area contributed by atoms with Crippen LogP contribution < -0.4 is 5.48 Å². The van der Waals surface area contributed by atoms with Gasteiger partial charge in [0, 0.05) is 18.0 Å².